The molecule has 2 heterocycles. The third kappa shape index (κ3) is 2.35. The molecule has 1 aromatic rings. The standard InChI is InChI=1S/C15H21N3OS/c1-9-10(2)20-6-5-18(9)14-8-13-11(7-12(14)16)3-4-15(19)17-13/h7-10H,3-6,16H2,1-2H3,(H,17,19). The summed E-state index contributed by atoms with van der Waals surface area (Å²) >= 11 is 2.01. The Morgan fingerprint density at radius 3 is 2.95 bits per heavy atom. The molecule has 2 atom stereocenters. The van der Waals surface area contributed by atoms with Gasteiger partial charge in [0.15, 0.2) is 0 Å². The van der Waals surface area contributed by atoms with Crippen molar-refractivity contribution in [3.05, 3.63) is 17.7 Å². The van der Waals surface area contributed by atoms with Crippen molar-refractivity contribution in [3.63, 3.8) is 0 Å². The van der Waals surface area contributed by atoms with E-state index in [1.54, 1.807) is 0 Å². The first-order valence-electron chi connectivity index (χ1n) is 7.17. The summed E-state index contributed by atoms with van der Waals surface area (Å²) in [7, 11) is 0. The zero-order valence-electron chi connectivity index (χ0n) is 12.0. The minimum Gasteiger partial charge on any atom is -0.397 e. The highest BCUT2D eigenvalue weighted by Crippen LogP contribution is 2.37. The number of anilines is 3. The summed E-state index contributed by atoms with van der Waals surface area (Å²) in [6, 6.07) is 4.54. The number of nitrogens with zero attached hydrogens (tertiary/aromatic N) is 1. The second kappa shape index (κ2) is 5.20. The number of fused-ring (bicyclic) bond motifs is 1. The topological polar surface area (TPSA) is 58.4 Å². The van der Waals surface area contributed by atoms with Crippen molar-refractivity contribution in [2.24, 2.45) is 0 Å². The van der Waals surface area contributed by atoms with Gasteiger partial charge in [-0.3, -0.25) is 4.79 Å². The molecule has 0 saturated carbocycles. The minimum atomic E-state index is 0.101. The first-order chi connectivity index (χ1) is 9.56. The molecule has 1 fully saturated rings. The number of amides is 1. The van der Waals surface area contributed by atoms with E-state index in [0.29, 0.717) is 17.7 Å². The van der Waals surface area contributed by atoms with E-state index in [0.717, 1.165) is 41.3 Å². The number of nitrogen functional groups attached to an aromatic ring is 1. The van der Waals surface area contributed by atoms with E-state index in [4.69, 9.17) is 5.73 Å². The van der Waals surface area contributed by atoms with Gasteiger partial charge < -0.3 is 16.0 Å². The van der Waals surface area contributed by atoms with Crippen LogP contribution in [0.25, 0.3) is 0 Å². The van der Waals surface area contributed by atoms with Crippen molar-refractivity contribution in [2.75, 3.05) is 28.2 Å². The van der Waals surface area contributed by atoms with E-state index in [9.17, 15) is 4.79 Å². The molecule has 108 valence electrons. The number of hydrogen-bond donors (Lipinski definition) is 2. The highest BCUT2D eigenvalue weighted by molar-refractivity contribution is 8.00. The Bertz CT molecular complexity index is 546. The number of aryl methyl sites for hydroxylation is 1. The SMILES string of the molecule is CC1SCCN(c2cc3c(cc2N)CCC(=O)N3)C1C. The normalized spacial score (nSPS) is 26.1. The second-order valence-corrected chi connectivity index (χ2v) is 7.11. The van der Waals surface area contributed by atoms with E-state index in [1.807, 2.05) is 17.8 Å². The fourth-order valence-electron chi connectivity index (χ4n) is 2.96. The van der Waals surface area contributed by atoms with Crippen LogP contribution in [0.1, 0.15) is 25.8 Å². The third-order valence-electron chi connectivity index (χ3n) is 4.34. The first kappa shape index (κ1) is 13.6. The summed E-state index contributed by atoms with van der Waals surface area (Å²) < 4.78 is 0. The molecule has 1 saturated heterocycles. The molecule has 0 aliphatic carbocycles. The number of carbonyl (C=O) groups is 1. The average Bonchev–Trinajstić information content (AvgIpc) is 2.42. The second-order valence-electron chi connectivity index (χ2n) is 5.63. The van der Waals surface area contributed by atoms with Gasteiger partial charge in [0.05, 0.1) is 11.4 Å². The molecule has 3 rings (SSSR count). The number of benzene rings is 1. The van der Waals surface area contributed by atoms with E-state index < -0.39 is 0 Å². The van der Waals surface area contributed by atoms with Gasteiger partial charge in [0.25, 0.3) is 0 Å². The molecule has 0 spiro atoms. The van der Waals surface area contributed by atoms with Crippen LogP contribution in [0, 0.1) is 0 Å². The molecule has 2 aliphatic rings. The van der Waals surface area contributed by atoms with Gasteiger partial charge in [0, 0.05) is 35.7 Å². The van der Waals surface area contributed by atoms with Crippen LogP contribution in [0.3, 0.4) is 0 Å². The first-order valence-corrected chi connectivity index (χ1v) is 8.21. The Labute approximate surface area is 124 Å². The smallest absolute Gasteiger partial charge is 0.224 e. The quantitative estimate of drug-likeness (QED) is 0.781. The Kier molecular flexibility index (Phi) is 3.54. The lowest BCUT2D eigenvalue weighted by molar-refractivity contribution is -0.116. The van der Waals surface area contributed by atoms with E-state index in [-0.39, 0.29) is 5.91 Å². The van der Waals surface area contributed by atoms with E-state index >= 15 is 0 Å². The van der Waals surface area contributed by atoms with Gasteiger partial charge in [-0.25, -0.2) is 0 Å². The maximum atomic E-state index is 11.6. The number of nitrogens with two attached hydrogens (primary N) is 1. The van der Waals surface area contributed by atoms with Gasteiger partial charge in [-0.05, 0) is 31.0 Å². The fourth-order valence-corrected chi connectivity index (χ4v) is 4.06. The van der Waals surface area contributed by atoms with Crippen LogP contribution in [0.4, 0.5) is 17.1 Å². The maximum Gasteiger partial charge on any atom is 0.224 e. The number of hydrogen-bond acceptors (Lipinski definition) is 4. The molecule has 2 unspecified atom stereocenters. The monoisotopic (exact) mass is 291 g/mol. The van der Waals surface area contributed by atoms with Crippen molar-refractivity contribution in [1.82, 2.24) is 0 Å². The molecule has 3 N–H and O–H groups in total. The molecule has 2 aliphatic heterocycles. The van der Waals surface area contributed by atoms with Gasteiger partial charge in [-0.1, -0.05) is 6.92 Å². The number of rotatable bonds is 1. The summed E-state index contributed by atoms with van der Waals surface area (Å²) in [5.41, 5.74) is 10.2. The minimum absolute atomic E-state index is 0.101. The van der Waals surface area contributed by atoms with Crippen molar-refractivity contribution in [1.29, 1.82) is 0 Å². The van der Waals surface area contributed by atoms with Crippen molar-refractivity contribution < 1.29 is 4.79 Å². The lowest BCUT2D eigenvalue weighted by Crippen LogP contribution is -2.45. The van der Waals surface area contributed by atoms with E-state index in [1.165, 1.54) is 0 Å². The number of carbonyl (C=O) groups excluding carboxylic acids is 1. The van der Waals surface area contributed by atoms with Crippen LogP contribution in [-0.2, 0) is 11.2 Å². The summed E-state index contributed by atoms with van der Waals surface area (Å²) in [4.78, 5) is 13.9. The molecule has 0 radical (unpaired) electrons. The molecule has 1 amide bonds. The zero-order chi connectivity index (χ0) is 14.3. The Hall–Kier alpha value is -1.36. The third-order valence-corrected chi connectivity index (χ3v) is 5.68. The predicted molar refractivity (Wildman–Crippen MR) is 86.5 cm³/mol. The zero-order valence-corrected chi connectivity index (χ0v) is 12.8. The maximum absolute atomic E-state index is 11.6. The highest BCUT2D eigenvalue weighted by atomic mass is 32.2. The number of nitrogens with one attached hydrogen (secondary N) is 1. The molecule has 1 aromatic carbocycles. The van der Waals surface area contributed by atoms with Crippen molar-refractivity contribution >= 4 is 34.7 Å². The van der Waals surface area contributed by atoms with E-state index in [2.05, 4.69) is 30.1 Å². The van der Waals surface area contributed by atoms with Gasteiger partial charge in [-0.2, -0.15) is 11.8 Å². The molecular weight excluding hydrogens is 270 g/mol. The largest absolute Gasteiger partial charge is 0.397 e. The molecule has 4 nitrogen and oxygen atoms in total. The molecule has 0 aromatic heterocycles. The van der Waals surface area contributed by atoms with Crippen LogP contribution >= 0.6 is 11.8 Å². The lowest BCUT2D eigenvalue weighted by Gasteiger charge is -2.40. The molecule has 5 heteroatoms. The lowest BCUT2D eigenvalue weighted by atomic mass is 10.0. The Morgan fingerprint density at radius 1 is 1.35 bits per heavy atom. The fraction of sp³-hybridized carbons (Fsp3) is 0.533. The van der Waals surface area contributed by atoms with Crippen LogP contribution in [0.2, 0.25) is 0 Å². The number of thioether (sulfide) groups is 1. The van der Waals surface area contributed by atoms with Gasteiger partial charge >= 0.3 is 0 Å². The van der Waals surface area contributed by atoms with Gasteiger partial charge in [-0.15, -0.1) is 0 Å². The molecule has 20 heavy (non-hydrogen) atoms. The average molecular weight is 291 g/mol. The van der Waals surface area contributed by atoms with Crippen LogP contribution in [0.5, 0.6) is 0 Å². The van der Waals surface area contributed by atoms with Crippen molar-refractivity contribution in [3.8, 4) is 0 Å². The summed E-state index contributed by atoms with van der Waals surface area (Å²) in [6.45, 7) is 5.51. The molecule has 0 bridgehead atoms. The molecular formula is C15H21N3OS. The van der Waals surface area contributed by atoms with Crippen LogP contribution in [-0.4, -0.2) is 29.5 Å². The summed E-state index contributed by atoms with van der Waals surface area (Å²) in [5.74, 6) is 1.22. The summed E-state index contributed by atoms with van der Waals surface area (Å²) in [5, 5.41) is 3.56. The Balaban J connectivity index is 1.97. The Morgan fingerprint density at radius 2 is 2.15 bits per heavy atom. The highest BCUT2D eigenvalue weighted by Gasteiger charge is 2.28. The predicted octanol–water partition coefficient (Wildman–Crippen LogP) is 2.48. The summed E-state index contributed by atoms with van der Waals surface area (Å²) in [6.07, 6.45) is 1.34. The van der Waals surface area contributed by atoms with Crippen LogP contribution < -0.4 is 16.0 Å². The van der Waals surface area contributed by atoms with Gasteiger partial charge in [0.1, 0.15) is 0 Å². The van der Waals surface area contributed by atoms with Crippen LogP contribution in [0.15, 0.2) is 12.1 Å². The van der Waals surface area contributed by atoms with Crippen molar-refractivity contribution in [2.45, 2.75) is 38.0 Å². The van der Waals surface area contributed by atoms with Gasteiger partial charge in [0.2, 0.25) is 5.91 Å².